The molecule has 0 radical (unpaired) electrons. The molecule has 0 aliphatic carbocycles. The van der Waals surface area contributed by atoms with Gasteiger partial charge in [-0.2, -0.15) is 0 Å². The van der Waals surface area contributed by atoms with Gasteiger partial charge < -0.3 is 19.5 Å². The van der Waals surface area contributed by atoms with E-state index in [-0.39, 0.29) is 23.1 Å². The van der Waals surface area contributed by atoms with E-state index in [2.05, 4.69) is 10.0 Å². The molecule has 0 aromatic heterocycles. The molecule has 1 amide bonds. The fraction of sp³-hybridized carbons (Fsp3) is 0.174. The van der Waals surface area contributed by atoms with Crippen molar-refractivity contribution in [3.8, 4) is 17.2 Å². The van der Waals surface area contributed by atoms with Crippen molar-refractivity contribution in [1.29, 1.82) is 0 Å². The van der Waals surface area contributed by atoms with Crippen LogP contribution in [0.1, 0.15) is 10.4 Å². The number of carbonyl (C=O) groups excluding carboxylic acids is 1. The van der Waals surface area contributed by atoms with Crippen LogP contribution >= 0.6 is 0 Å². The zero-order chi connectivity index (χ0) is 22.6. The fourth-order valence-electron chi connectivity index (χ4n) is 3.21. The predicted molar refractivity (Wildman–Crippen MR) is 119 cm³/mol. The Morgan fingerprint density at radius 2 is 1.78 bits per heavy atom. The molecule has 8 nitrogen and oxygen atoms in total. The third kappa shape index (κ3) is 4.78. The summed E-state index contributed by atoms with van der Waals surface area (Å²) in [4.78, 5) is 12.6. The van der Waals surface area contributed by atoms with E-state index in [0.29, 0.717) is 29.5 Å². The summed E-state index contributed by atoms with van der Waals surface area (Å²) in [5.41, 5.74) is 0.518. The first kappa shape index (κ1) is 21.5. The summed E-state index contributed by atoms with van der Waals surface area (Å²) in [5, 5.41) is 2.77. The summed E-state index contributed by atoms with van der Waals surface area (Å²) < 4.78 is 44.8. The Kier molecular flexibility index (Phi) is 6.18. The van der Waals surface area contributed by atoms with Gasteiger partial charge in [0.1, 0.15) is 18.5 Å². The molecule has 0 fully saturated rings. The Hall–Kier alpha value is -3.72. The topological polar surface area (TPSA) is 103 Å². The third-order valence-corrected chi connectivity index (χ3v) is 6.18. The van der Waals surface area contributed by atoms with E-state index in [1.165, 1.54) is 25.3 Å². The average Bonchev–Trinajstić information content (AvgIpc) is 2.82. The van der Waals surface area contributed by atoms with Gasteiger partial charge >= 0.3 is 0 Å². The van der Waals surface area contributed by atoms with Crippen LogP contribution in [0, 0.1) is 0 Å². The number of fused-ring (bicyclic) bond motifs is 1. The second kappa shape index (κ2) is 9.19. The van der Waals surface area contributed by atoms with Crippen molar-refractivity contribution in [1.82, 2.24) is 5.32 Å². The minimum absolute atomic E-state index is 0.0396. The Morgan fingerprint density at radius 1 is 1.03 bits per heavy atom. The van der Waals surface area contributed by atoms with E-state index in [0.717, 1.165) is 0 Å². The Labute approximate surface area is 186 Å². The zero-order valence-corrected chi connectivity index (χ0v) is 18.1. The summed E-state index contributed by atoms with van der Waals surface area (Å²) in [7, 11) is -2.47. The lowest BCUT2D eigenvalue weighted by molar-refractivity contribution is 0.0789. The molecule has 0 unspecified atom stereocenters. The molecule has 0 saturated carbocycles. The van der Waals surface area contributed by atoms with E-state index >= 15 is 0 Å². The molecule has 9 heteroatoms. The van der Waals surface area contributed by atoms with Gasteiger partial charge in [-0.3, -0.25) is 9.52 Å². The molecular weight excluding hydrogens is 432 g/mol. The molecule has 1 atom stereocenters. The van der Waals surface area contributed by atoms with E-state index in [9.17, 15) is 13.2 Å². The Balaban J connectivity index is 1.42. The number of benzene rings is 3. The van der Waals surface area contributed by atoms with Crippen molar-refractivity contribution in [3.63, 3.8) is 0 Å². The van der Waals surface area contributed by atoms with Crippen LogP contribution in [0.3, 0.4) is 0 Å². The molecule has 4 rings (SSSR count). The first-order chi connectivity index (χ1) is 15.5. The first-order valence-electron chi connectivity index (χ1n) is 9.89. The SMILES string of the molecule is COc1ccccc1NS(=O)(=O)c1cccc(C(=O)NC[C@H]2COc3ccccc3O2)c1. The van der Waals surface area contributed by atoms with Crippen LogP contribution in [0.5, 0.6) is 17.2 Å². The van der Waals surface area contributed by atoms with Crippen molar-refractivity contribution < 1.29 is 27.4 Å². The number of rotatable bonds is 7. The van der Waals surface area contributed by atoms with Gasteiger partial charge in [-0.15, -0.1) is 0 Å². The third-order valence-electron chi connectivity index (χ3n) is 4.82. The van der Waals surface area contributed by atoms with Gasteiger partial charge in [0.05, 0.1) is 24.2 Å². The van der Waals surface area contributed by atoms with Crippen LogP contribution in [0.15, 0.2) is 77.7 Å². The lowest BCUT2D eigenvalue weighted by Gasteiger charge is -2.26. The summed E-state index contributed by atoms with van der Waals surface area (Å²) in [6.45, 7) is 0.512. The number of hydrogen-bond acceptors (Lipinski definition) is 6. The van der Waals surface area contributed by atoms with Gasteiger partial charge in [0.15, 0.2) is 11.5 Å². The minimum atomic E-state index is -3.93. The summed E-state index contributed by atoms with van der Waals surface area (Å²) in [5.74, 6) is 1.26. The van der Waals surface area contributed by atoms with Gasteiger partial charge in [0.25, 0.3) is 15.9 Å². The van der Waals surface area contributed by atoms with Gasteiger partial charge in [-0.25, -0.2) is 8.42 Å². The van der Waals surface area contributed by atoms with E-state index in [4.69, 9.17) is 14.2 Å². The maximum absolute atomic E-state index is 12.8. The lowest BCUT2D eigenvalue weighted by Crippen LogP contribution is -2.40. The highest BCUT2D eigenvalue weighted by Crippen LogP contribution is 2.30. The number of methoxy groups -OCH3 is 1. The second-order valence-electron chi connectivity index (χ2n) is 7.04. The second-order valence-corrected chi connectivity index (χ2v) is 8.72. The smallest absolute Gasteiger partial charge is 0.262 e. The molecular formula is C23H22N2O6S. The number of para-hydroxylation sites is 4. The van der Waals surface area contributed by atoms with E-state index in [1.807, 2.05) is 18.2 Å². The monoisotopic (exact) mass is 454 g/mol. The maximum Gasteiger partial charge on any atom is 0.262 e. The zero-order valence-electron chi connectivity index (χ0n) is 17.3. The van der Waals surface area contributed by atoms with Crippen molar-refractivity contribution >= 4 is 21.6 Å². The van der Waals surface area contributed by atoms with Crippen molar-refractivity contribution in [2.45, 2.75) is 11.0 Å². The standard InChI is InChI=1S/C23H22N2O6S/c1-29-20-10-3-2-9-19(20)25-32(27,28)18-8-6-7-16(13-18)23(26)24-14-17-15-30-21-11-4-5-12-22(21)31-17/h2-13,17,25H,14-15H2,1H3,(H,24,26)/t17-/m0/s1. The van der Waals surface area contributed by atoms with Crippen LogP contribution < -0.4 is 24.2 Å². The number of nitrogens with one attached hydrogen (secondary N) is 2. The predicted octanol–water partition coefficient (Wildman–Crippen LogP) is 3.07. The number of ether oxygens (including phenoxy) is 3. The lowest BCUT2D eigenvalue weighted by atomic mass is 10.2. The minimum Gasteiger partial charge on any atom is -0.495 e. The summed E-state index contributed by atoms with van der Waals surface area (Å²) in [6.07, 6.45) is -0.354. The molecule has 0 saturated heterocycles. The normalized spacial score (nSPS) is 15.0. The van der Waals surface area contributed by atoms with E-state index < -0.39 is 15.9 Å². The molecule has 3 aromatic rings. The van der Waals surface area contributed by atoms with Crippen molar-refractivity contribution in [2.24, 2.45) is 0 Å². The molecule has 1 heterocycles. The quantitative estimate of drug-likeness (QED) is 0.569. The number of carbonyl (C=O) groups is 1. The molecule has 0 bridgehead atoms. The number of amides is 1. The fourth-order valence-corrected chi connectivity index (χ4v) is 4.33. The van der Waals surface area contributed by atoms with Crippen LogP contribution in [0.4, 0.5) is 5.69 Å². The molecule has 0 spiro atoms. The highest BCUT2D eigenvalue weighted by Gasteiger charge is 2.22. The van der Waals surface area contributed by atoms with Gasteiger partial charge in [-0.1, -0.05) is 30.3 Å². The molecule has 1 aliphatic heterocycles. The molecule has 166 valence electrons. The number of sulfonamides is 1. The van der Waals surface area contributed by atoms with Crippen LogP contribution in [-0.4, -0.2) is 40.7 Å². The number of anilines is 1. The van der Waals surface area contributed by atoms with Crippen LogP contribution in [0.2, 0.25) is 0 Å². The van der Waals surface area contributed by atoms with Gasteiger partial charge in [0, 0.05) is 5.56 Å². The first-order valence-corrected chi connectivity index (χ1v) is 11.4. The highest BCUT2D eigenvalue weighted by atomic mass is 32.2. The summed E-state index contributed by atoms with van der Waals surface area (Å²) >= 11 is 0. The van der Waals surface area contributed by atoms with Crippen LogP contribution in [0.25, 0.3) is 0 Å². The molecule has 2 N–H and O–H groups in total. The van der Waals surface area contributed by atoms with Crippen molar-refractivity contribution in [2.75, 3.05) is 25.0 Å². The van der Waals surface area contributed by atoms with Gasteiger partial charge in [0.2, 0.25) is 0 Å². The molecule has 1 aliphatic rings. The Bertz CT molecular complexity index is 1230. The van der Waals surface area contributed by atoms with E-state index in [1.54, 1.807) is 36.4 Å². The maximum atomic E-state index is 12.8. The average molecular weight is 455 g/mol. The summed E-state index contributed by atoms with van der Waals surface area (Å²) in [6, 6.07) is 19.8. The highest BCUT2D eigenvalue weighted by molar-refractivity contribution is 7.92. The largest absolute Gasteiger partial charge is 0.495 e. The van der Waals surface area contributed by atoms with Crippen molar-refractivity contribution in [3.05, 3.63) is 78.4 Å². The Morgan fingerprint density at radius 3 is 2.59 bits per heavy atom. The van der Waals surface area contributed by atoms with Gasteiger partial charge in [-0.05, 0) is 42.5 Å². The number of hydrogen-bond donors (Lipinski definition) is 2. The molecule has 3 aromatic carbocycles. The van der Waals surface area contributed by atoms with Crippen LogP contribution in [-0.2, 0) is 10.0 Å². The molecule has 32 heavy (non-hydrogen) atoms.